The van der Waals surface area contributed by atoms with E-state index in [1.165, 1.54) is 0 Å². The molecule has 0 bridgehead atoms. The molecule has 0 aliphatic rings. The lowest BCUT2D eigenvalue weighted by Crippen LogP contribution is -2.00. The van der Waals surface area contributed by atoms with Gasteiger partial charge in [0.2, 0.25) is 0 Å². The first kappa shape index (κ1) is 10.4. The topological polar surface area (TPSA) is 78.2 Å². The second-order valence-corrected chi connectivity index (χ2v) is 2.61. The van der Waals surface area contributed by atoms with Crippen molar-refractivity contribution in [2.24, 2.45) is 5.11 Å². The van der Waals surface area contributed by atoms with Gasteiger partial charge in [0.15, 0.2) is 0 Å². The van der Waals surface area contributed by atoms with Gasteiger partial charge in [0, 0.05) is 4.91 Å². The number of azide groups is 1. The third kappa shape index (κ3) is 3.35. The molecule has 0 radical (unpaired) electrons. The first-order valence-corrected chi connectivity index (χ1v) is 4.20. The molecular weight excluding hydrogens is 182 g/mol. The van der Waals surface area contributed by atoms with E-state index in [2.05, 4.69) is 10.0 Å². The van der Waals surface area contributed by atoms with E-state index in [1.54, 1.807) is 24.3 Å². The lowest BCUT2D eigenvalue weighted by atomic mass is 10.2. The molecular formula is C9H11N3O2. The molecule has 0 aliphatic carbocycles. The van der Waals surface area contributed by atoms with E-state index < -0.39 is 0 Å². The maximum Gasteiger partial charge on any atom is 0.119 e. The summed E-state index contributed by atoms with van der Waals surface area (Å²) in [6.45, 7) is 0.645. The highest BCUT2D eigenvalue weighted by Crippen LogP contribution is 2.12. The molecule has 0 unspecified atom stereocenters. The minimum absolute atomic E-state index is 0.00640. The molecule has 5 heteroatoms. The quantitative estimate of drug-likeness (QED) is 0.335. The van der Waals surface area contributed by atoms with Crippen LogP contribution in [0.15, 0.2) is 29.4 Å². The highest BCUT2D eigenvalue weighted by molar-refractivity contribution is 5.27. The Morgan fingerprint density at radius 1 is 1.50 bits per heavy atom. The van der Waals surface area contributed by atoms with Crippen molar-refractivity contribution in [3.63, 3.8) is 0 Å². The van der Waals surface area contributed by atoms with Crippen LogP contribution in [0.2, 0.25) is 0 Å². The Morgan fingerprint density at radius 2 is 2.36 bits per heavy atom. The third-order valence-corrected chi connectivity index (χ3v) is 1.60. The van der Waals surface area contributed by atoms with E-state index in [9.17, 15) is 0 Å². The molecule has 1 N–H and O–H groups in total. The molecule has 0 atom stereocenters. The van der Waals surface area contributed by atoms with Crippen molar-refractivity contribution in [1.82, 2.24) is 0 Å². The minimum atomic E-state index is -0.00640. The smallest absolute Gasteiger partial charge is 0.119 e. The Labute approximate surface area is 81.6 Å². The minimum Gasteiger partial charge on any atom is -0.493 e. The highest BCUT2D eigenvalue weighted by atomic mass is 16.5. The van der Waals surface area contributed by atoms with E-state index in [-0.39, 0.29) is 6.61 Å². The van der Waals surface area contributed by atoms with Crippen LogP contribution in [-0.4, -0.2) is 18.3 Å². The van der Waals surface area contributed by atoms with Crippen LogP contribution in [-0.2, 0) is 6.61 Å². The Hall–Kier alpha value is -1.71. The summed E-state index contributed by atoms with van der Waals surface area (Å²) in [5, 5.41) is 12.2. The van der Waals surface area contributed by atoms with Crippen LogP contribution in [0, 0.1) is 0 Å². The van der Waals surface area contributed by atoms with Crippen molar-refractivity contribution in [3.05, 3.63) is 40.3 Å². The van der Waals surface area contributed by atoms with Gasteiger partial charge >= 0.3 is 0 Å². The van der Waals surface area contributed by atoms with Crippen LogP contribution < -0.4 is 4.74 Å². The van der Waals surface area contributed by atoms with Gasteiger partial charge in [-0.3, -0.25) is 0 Å². The zero-order chi connectivity index (χ0) is 10.2. The maximum atomic E-state index is 8.85. The summed E-state index contributed by atoms with van der Waals surface area (Å²) in [7, 11) is 0. The summed E-state index contributed by atoms with van der Waals surface area (Å²) in [4.78, 5) is 2.61. The van der Waals surface area contributed by atoms with Gasteiger partial charge in [0.1, 0.15) is 5.75 Å². The average molecular weight is 193 g/mol. The number of nitrogens with zero attached hydrogens (tertiary/aromatic N) is 3. The number of aliphatic hydroxyl groups is 1. The lowest BCUT2D eigenvalue weighted by molar-refractivity contribution is 0.279. The Kier molecular flexibility index (Phi) is 4.34. The van der Waals surface area contributed by atoms with E-state index in [4.69, 9.17) is 15.4 Å². The summed E-state index contributed by atoms with van der Waals surface area (Å²) in [5.74, 6) is 0.671. The van der Waals surface area contributed by atoms with Crippen LogP contribution in [0.5, 0.6) is 5.75 Å². The zero-order valence-electron chi connectivity index (χ0n) is 7.63. The van der Waals surface area contributed by atoms with Gasteiger partial charge < -0.3 is 9.84 Å². The predicted molar refractivity (Wildman–Crippen MR) is 51.9 cm³/mol. The molecule has 1 aromatic rings. The van der Waals surface area contributed by atoms with E-state index in [0.29, 0.717) is 18.9 Å². The number of aliphatic hydroxyl groups excluding tert-OH is 1. The number of benzene rings is 1. The fourth-order valence-corrected chi connectivity index (χ4v) is 0.983. The monoisotopic (exact) mass is 193 g/mol. The van der Waals surface area contributed by atoms with Crippen LogP contribution >= 0.6 is 0 Å². The number of hydrogen-bond donors (Lipinski definition) is 1. The molecule has 1 aromatic carbocycles. The van der Waals surface area contributed by atoms with E-state index in [0.717, 1.165) is 5.56 Å². The summed E-state index contributed by atoms with van der Waals surface area (Å²) in [6.07, 6.45) is 0. The van der Waals surface area contributed by atoms with Crippen molar-refractivity contribution >= 4 is 0 Å². The van der Waals surface area contributed by atoms with E-state index in [1.807, 2.05) is 0 Å². The van der Waals surface area contributed by atoms with E-state index >= 15 is 0 Å². The van der Waals surface area contributed by atoms with Crippen LogP contribution in [0.25, 0.3) is 10.4 Å². The Bertz CT molecular complexity index is 335. The number of ether oxygens (including phenoxy) is 1. The normalized spacial score (nSPS) is 9.21. The molecule has 1 rings (SSSR count). The molecule has 0 saturated carbocycles. The SMILES string of the molecule is [N-]=[N+]=NCCOc1cccc(CO)c1. The summed E-state index contributed by atoms with van der Waals surface area (Å²) in [5.41, 5.74) is 8.81. The molecule has 0 aliphatic heterocycles. The van der Waals surface area contributed by atoms with Gasteiger partial charge in [-0.25, -0.2) is 0 Å². The van der Waals surface area contributed by atoms with Gasteiger partial charge in [-0.2, -0.15) is 0 Å². The first-order valence-electron chi connectivity index (χ1n) is 4.20. The second kappa shape index (κ2) is 5.85. The second-order valence-electron chi connectivity index (χ2n) is 2.61. The molecule has 14 heavy (non-hydrogen) atoms. The van der Waals surface area contributed by atoms with Crippen molar-refractivity contribution in [2.45, 2.75) is 6.61 Å². The largest absolute Gasteiger partial charge is 0.493 e. The molecule has 74 valence electrons. The third-order valence-electron chi connectivity index (χ3n) is 1.60. The molecule has 0 amide bonds. The lowest BCUT2D eigenvalue weighted by Gasteiger charge is -2.04. The fraction of sp³-hybridized carbons (Fsp3) is 0.333. The van der Waals surface area contributed by atoms with Gasteiger partial charge in [-0.05, 0) is 23.2 Å². The highest BCUT2D eigenvalue weighted by Gasteiger charge is 1.94. The predicted octanol–water partition coefficient (Wildman–Crippen LogP) is 1.87. The average Bonchev–Trinajstić information content (AvgIpc) is 2.25. The van der Waals surface area contributed by atoms with Crippen molar-refractivity contribution in [2.75, 3.05) is 13.2 Å². The number of rotatable bonds is 5. The Balaban J connectivity index is 2.45. The van der Waals surface area contributed by atoms with Crippen molar-refractivity contribution in [1.29, 1.82) is 0 Å². The van der Waals surface area contributed by atoms with Gasteiger partial charge in [-0.1, -0.05) is 17.2 Å². The van der Waals surface area contributed by atoms with Crippen molar-refractivity contribution in [3.8, 4) is 5.75 Å². The Morgan fingerprint density at radius 3 is 3.07 bits per heavy atom. The summed E-state index contributed by atoms with van der Waals surface area (Å²) < 4.78 is 5.27. The standard InChI is InChI=1S/C9H11N3O2/c10-12-11-4-5-14-9-3-1-2-8(6-9)7-13/h1-3,6,13H,4-5,7H2. The van der Waals surface area contributed by atoms with Crippen LogP contribution in [0.3, 0.4) is 0 Å². The number of hydrogen-bond acceptors (Lipinski definition) is 3. The molecule has 0 heterocycles. The summed E-state index contributed by atoms with van der Waals surface area (Å²) in [6, 6.07) is 7.14. The van der Waals surface area contributed by atoms with Crippen molar-refractivity contribution < 1.29 is 9.84 Å². The van der Waals surface area contributed by atoms with Crippen LogP contribution in [0.1, 0.15) is 5.56 Å². The van der Waals surface area contributed by atoms with Gasteiger partial charge in [0.05, 0.1) is 19.8 Å². The maximum absolute atomic E-state index is 8.85. The first-order chi connectivity index (χ1) is 6.86. The molecule has 0 saturated heterocycles. The van der Waals surface area contributed by atoms with Gasteiger partial charge in [-0.15, -0.1) is 0 Å². The molecule has 0 fully saturated rings. The zero-order valence-corrected chi connectivity index (χ0v) is 7.63. The molecule has 5 nitrogen and oxygen atoms in total. The fourth-order valence-electron chi connectivity index (χ4n) is 0.983. The molecule has 0 aromatic heterocycles. The van der Waals surface area contributed by atoms with Gasteiger partial charge in [0.25, 0.3) is 0 Å². The molecule has 0 spiro atoms. The summed E-state index contributed by atoms with van der Waals surface area (Å²) >= 11 is 0. The van der Waals surface area contributed by atoms with Crippen LogP contribution in [0.4, 0.5) is 0 Å².